The van der Waals surface area contributed by atoms with E-state index in [1.807, 2.05) is 0 Å². The van der Waals surface area contributed by atoms with E-state index >= 15 is 0 Å². The molecule has 3 aromatic rings. The second kappa shape index (κ2) is 8.55. The highest BCUT2D eigenvalue weighted by molar-refractivity contribution is 5.82. The van der Waals surface area contributed by atoms with Crippen LogP contribution in [0.25, 0.3) is 5.57 Å². The third-order valence-electron chi connectivity index (χ3n) is 5.22. The minimum atomic E-state index is -0.559. The number of aromatic nitrogens is 3. The summed E-state index contributed by atoms with van der Waals surface area (Å²) in [5, 5.41) is 13.9. The molecular formula is C22H21F2N5O2. The molecule has 0 spiro atoms. The van der Waals surface area contributed by atoms with Crippen LogP contribution in [0, 0.1) is 11.6 Å². The van der Waals surface area contributed by atoms with E-state index in [1.54, 1.807) is 47.2 Å². The number of nitrogens with zero attached hydrogens (tertiary/aromatic N) is 5. The Morgan fingerprint density at radius 2 is 2.10 bits per heavy atom. The fourth-order valence-electron chi connectivity index (χ4n) is 3.62. The Bertz CT molecular complexity index is 1120. The minimum Gasteiger partial charge on any atom is -0.508 e. The van der Waals surface area contributed by atoms with Crippen LogP contribution in [0.3, 0.4) is 0 Å². The molecule has 31 heavy (non-hydrogen) atoms. The number of carbonyl (C=O) groups excluding carboxylic acids is 1. The van der Waals surface area contributed by atoms with E-state index in [1.165, 1.54) is 17.3 Å². The van der Waals surface area contributed by atoms with Crippen LogP contribution in [0.15, 0.2) is 61.2 Å². The van der Waals surface area contributed by atoms with Gasteiger partial charge in [-0.2, -0.15) is 5.10 Å². The predicted molar refractivity (Wildman–Crippen MR) is 110 cm³/mol. The van der Waals surface area contributed by atoms with Crippen molar-refractivity contribution in [3.8, 4) is 5.75 Å². The van der Waals surface area contributed by atoms with Crippen LogP contribution in [0.2, 0.25) is 0 Å². The normalized spacial score (nSPS) is 15.8. The van der Waals surface area contributed by atoms with Gasteiger partial charge in [-0.3, -0.25) is 4.68 Å². The molecule has 1 aliphatic heterocycles. The maximum atomic E-state index is 14.4. The number of rotatable bonds is 5. The Balaban J connectivity index is 1.62. The van der Waals surface area contributed by atoms with Gasteiger partial charge in [0.1, 0.15) is 30.0 Å². The van der Waals surface area contributed by atoms with Crippen molar-refractivity contribution in [1.29, 1.82) is 0 Å². The lowest BCUT2D eigenvalue weighted by Crippen LogP contribution is -2.42. The fourth-order valence-corrected chi connectivity index (χ4v) is 3.62. The largest absolute Gasteiger partial charge is 0.508 e. The third kappa shape index (κ3) is 4.40. The molecule has 0 aliphatic carbocycles. The van der Waals surface area contributed by atoms with E-state index in [-0.39, 0.29) is 23.9 Å². The molecule has 0 saturated carbocycles. The first kappa shape index (κ1) is 20.5. The highest BCUT2D eigenvalue weighted by Gasteiger charge is 2.33. The van der Waals surface area contributed by atoms with Gasteiger partial charge < -0.3 is 14.9 Å². The molecule has 9 heteroatoms. The predicted octanol–water partition coefficient (Wildman–Crippen LogP) is 3.45. The topological polar surface area (TPSA) is 74.5 Å². The Morgan fingerprint density at radius 1 is 1.26 bits per heavy atom. The zero-order chi connectivity index (χ0) is 22.0. The van der Waals surface area contributed by atoms with Crippen molar-refractivity contribution in [3.05, 3.63) is 84.0 Å². The number of phenols is 1. The van der Waals surface area contributed by atoms with Crippen LogP contribution in [0.1, 0.15) is 17.2 Å². The number of hydrogen-bond donors (Lipinski definition) is 1. The molecule has 4 rings (SSSR count). The first-order valence-corrected chi connectivity index (χ1v) is 9.71. The molecule has 1 aromatic heterocycles. The highest BCUT2D eigenvalue weighted by atomic mass is 19.1. The molecule has 1 aliphatic rings. The number of phenolic OH excluding ortho intramolecular Hbond substituents is 1. The first-order chi connectivity index (χ1) is 14.9. The molecule has 160 valence electrons. The lowest BCUT2D eigenvalue weighted by molar-refractivity contribution is 0.160. The number of urea groups is 1. The summed E-state index contributed by atoms with van der Waals surface area (Å²) in [6.07, 6.45) is 4.72. The standard InChI is InChI=1S/C22H21F2N5O2/c1-27(7-8-28-14-25-13-26-28)22(31)29-12-16(19-11-17(23)5-6-20(19)24)10-21(29)15-3-2-4-18(30)9-15/h2-6,9-11,13-14,21,30H,7-8,12H2,1H3. The molecule has 2 aromatic carbocycles. The van der Waals surface area contributed by atoms with Gasteiger partial charge in [0.15, 0.2) is 0 Å². The van der Waals surface area contributed by atoms with Gasteiger partial charge in [0.2, 0.25) is 0 Å². The van der Waals surface area contributed by atoms with Gasteiger partial charge in [-0.05, 0) is 41.5 Å². The molecule has 1 N–H and O–H groups in total. The Hall–Kier alpha value is -3.75. The molecule has 2 heterocycles. The van der Waals surface area contributed by atoms with E-state index in [9.17, 15) is 18.7 Å². The first-order valence-electron chi connectivity index (χ1n) is 9.71. The lowest BCUT2D eigenvalue weighted by Gasteiger charge is -2.30. The summed E-state index contributed by atoms with van der Waals surface area (Å²) in [4.78, 5) is 20.2. The van der Waals surface area contributed by atoms with Gasteiger partial charge >= 0.3 is 6.03 Å². The van der Waals surface area contributed by atoms with Crippen molar-refractivity contribution in [3.63, 3.8) is 0 Å². The molecule has 0 radical (unpaired) electrons. The van der Waals surface area contributed by atoms with E-state index in [0.29, 0.717) is 24.2 Å². The second-order valence-corrected chi connectivity index (χ2v) is 7.35. The number of halogens is 2. The maximum Gasteiger partial charge on any atom is 0.320 e. The number of aromatic hydroxyl groups is 1. The SMILES string of the molecule is CN(CCn1cncn1)C(=O)N1CC(c2cc(F)ccc2F)=CC1c1cccc(O)c1. The summed E-state index contributed by atoms with van der Waals surface area (Å²) >= 11 is 0. The number of benzene rings is 2. The lowest BCUT2D eigenvalue weighted by atomic mass is 10.0. The van der Waals surface area contributed by atoms with Crippen LogP contribution >= 0.6 is 0 Å². The van der Waals surface area contributed by atoms with E-state index in [2.05, 4.69) is 10.1 Å². The number of amides is 2. The highest BCUT2D eigenvalue weighted by Crippen LogP contribution is 2.37. The van der Waals surface area contributed by atoms with Gasteiger partial charge in [-0.25, -0.2) is 18.6 Å². The average Bonchev–Trinajstić information content (AvgIpc) is 3.43. The quantitative estimate of drug-likeness (QED) is 0.680. The monoisotopic (exact) mass is 425 g/mol. The Morgan fingerprint density at radius 3 is 2.84 bits per heavy atom. The number of likely N-dealkylation sites (N-methyl/N-ethyl adjacent to an activating group) is 1. The molecular weight excluding hydrogens is 404 g/mol. The smallest absolute Gasteiger partial charge is 0.320 e. The summed E-state index contributed by atoms with van der Waals surface area (Å²) in [6, 6.07) is 8.99. The van der Waals surface area contributed by atoms with Crippen LogP contribution in [0.5, 0.6) is 5.75 Å². The van der Waals surface area contributed by atoms with Crippen molar-refractivity contribution >= 4 is 11.6 Å². The van der Waals surface area contributed by atoms with Gasteiger partial charge in [0, 0.05) is 25.7 Å². The average molecular weight is 425 g/mol. The van der Waals surface area contributed by atoms with Crippen molar-refractivity contribution in [1.82, 2.24) is 24.6 Å². The molecule has 7 nitrogen and oxygen atoms in total. The minimum absolute atomic E-state index is 0.0585. The second-order valence-electron chi connectivity index (χ2n) is 7.35. The van der Waals surface area contributed by atoms with Crippen LogP contribution in [-0.2, 0) is 6.54 Å². The Labute approximate surface area is 177 Å². The fraction of sp³-hybridized carbons (Fsp3) is 0.227. The van der Waals surface area contributed by atoms with E-state index < -0.39 is 17.7 Å². The zero-order valence-corrected chi connectivity index (χ0v) is 16.8. The molecule has 0 fully saturated rings. The molecule has 0 saturated heterocycles. The van der Waals surface area contributed by atoms with E-state index in [4.69, 9.17) is 0 Å². The third-order valence-corrected chi connectivity index (χ3v) is 5.22. The number of hydrogen-bond acceptors (Lipinski definition) is 4. The van der Waals surface area contributed by atoms with Crippen LogP contribution < -0.4 is 0 Å². The van der Waals surface area contributed by atoms with Crippen molar-refractivity contribution in [2.24, 2.45) is 0 Å². The summed E-state index contributed by atoms with van der Waals surface area (Å²) in [5.41, 5.74) is 1.29. The summed E-state index contributed by atoms with van der Waals surface area (Å²) in [5.74, 6) is -1.06. The molecule has 0 bridgehead atoms. The van der Waals surface area contributed by atoms with Gasteiger partial charge in [-0.1, -0.05) is 18.2 Å². The van der Waals surface area contributed by atoms with Crippen LogP contribution in [0.4, 0.5) is 13.6 Å². The van der Waals surface area contributed by atoms with E-state index in [0.717, 1.165) is 18.2 Å². The van der Waals surface area contributed by atoms with Gasteiger partial charge in [0.05, 0.1) is 12.6 Å². The summed E-state index contributed by atoms with van der Waals surface area (Å²) in [6.45, 7) is 0.952. The summed E-state index contributed by atoms with van der Waals surface area (Å²) in [7, 11) is 1.67. The van der Waals surface area contributed by atoms with Crippen molar-refractivity contribution in [2.45, 2.75) is 12.6 Å². The molecule has 1 atom stereocenters. The van der Waals surface area contributed by atoms with Crippen molar-refractivity contribution in [2.75, 3.05) is 20.1 Å². The van der Waals surface area contributed by atoms with Crippen LogP contribution in [-0.4, -0.2) is 55.8 Å². The van der Waals surface area contributed by atoms with Crippen molar-refractivity contribution < 1.29 is 18.7 Å². The molecule has 2 amide bonds. The Kier molecular flexibility index (Phi) is 5.66. The van der Waals surface area contributed by atoms with Gasteiger partial charge in [0.25, 0.3) is 0 Å². The van der Waals surface area contributed by atoms with Gasteiger partial charge in [-0.15, -0.1) is 0 Å². The summed E-state index contributed by atoms with van der Waals surface area (Å²) < 4.78 is 29.8. The molecule has 1 unspecified atom stereocenters. The zero-order valence-electron chi connectivity index (χ0n) is 16.8. The maximum absolute atomic E-state index is 14.4. The number of carbonyl (C=O) groups is 1.